The SMILES string of the molecule is CCc1ccccc1C12CC(CO)(C1)C2. The molecule has 3 saturated carbocycles. The Balaban J connectivity index is 1.90. The van der Waals surface area contributed by atoms with Gasteiger partial charge in [-0.1, -0.05) is 31.2 Å². The minimum Gasteiger partial charge on any atom is -0.396 e. The average molecular weight is 202 g/mol. The lowest BCUT2D eigenvalue weighted by Crippen LogP contribution is -2.66. The van der Waals surface area contributed by atoms with Crippen molar-refractivity contribution in [2.75, 3.05) is 6.61 Å². The largest absolute Gasteiger partial charge is 0.396 e. The highest BCUT2D eigenvalue weighted by molar-refractivity contribution is 5.43. The van der Waals surface area contributed by atoms with Gasteiger partial charge in [0, 0.05) is 6.61 Å². The van der Waals surface area contributed by atoms with Crippen LogP contribution in [0.2, 0.25) is 0 Å². The van der Waals surface area contributed by atoms with E-state index >= 15 is 0 Å². The maximum atomic E-state index is 9.27. The van der Waals surface area contributed by atoms with E-state index in [9.17, 15) is 5.11 Å². The lowest BCUT2D eigenvalue weighted by atomic mass is 9.33. The maximum Gasteiger partial charge on any atom is 0.0488 e. The fourth-order valence-electron chi connectivity index (χ4n) is 3.80. The van der Waals surface area contributed by atoms with Crippen molar-refractivity contribution in [1.82, 2.24) is 0 Å². The summed E-state index contributed by atoms with van der Waals surface area (Å²) in [5, 5.41) is 9.27. The van der Waals surface area contributed by atoms with Gasteiger partial charge in [-0.05, 0) is 47.6 Å². The van der Waals surface area contributed by atoms with Gasteiger partial charge in [-0.2, -0.15) is 0 Å². The van der Waals surface area contributed by atoms with Crippen LogP contribution in [0, 0.1) is 5.41 Å². The van der Waals surface area contributed by atoms with E-state index in [1.807, 2.05) is 0 Å². The van der Waals surface area contributed by atoms with Gasteiger partial charge in [0.05, 0.1) is 0 Å². The topological polar surface area (TPSA) is 20.2 Å². The molecule has 1 aromatic carbocycles. The number of hydrogen-bond donors (Lipinski definition) is 1. The lowest BCUT2D eigenvalue weighted by Gasteiger charge is -2.71. The Labute approximate surface area is 91.1 Å². The quantitative estimate of drug-likeness (QED) is 0.799. The van der Waals surface area contributed by atoms with E-state index in [0.29, 0.717) is 17.4 Å². The van der Waals surface area contributed by atoms with Gasteiger partial charge in [-0.15, -0.1) is 0 Å². The summed E-state index contributed by atoms with van der Waals surface area (Å²) < 4.78 is 0. The Morgan fingerprint density at radius 3 is 2.47 bits per heavy atom. The molecule has 1 nitrogen and oxygen atoms in total. The number of aryl methyl sites for hydroxylation is 1. The molecule has 1 heteroatoms. The minimum absolute atomic E-state index is 0.320. The molecule has 1 N–H and O–H groups in total. The van der Waals surface area contributed by atoms with Crippen LogP contribution in [0.4, 0.5) is 0 Å². The highest BCUT2D eigenvalue weighted by atomic mass is 16.3. The molecule has 80 valence electrons. The van der Waals surface area contributed by atoms with Crippen molar-refractivity contribution in [3.8, 4) is 0 Å². The van der Waals surface area contributed by atoms with Crippen LogP contribution in [0.1, 0.15) is 37.3 Å². The van der Waals surface area contributed by atoms with Crippen LogP contribution in [-0.4, -0.2) is 11.7 Å². The van der Waals surface area contributed by atoms with E-state index in [1.54, 1.807) is 5.56 Å². The minimum atomic E-state index is 0.320. The molecule has 4 rings (SSSR count). The Morgan fingerprint density at radius 2 is 1.87 bits per heavy atom. The number of rotatable bonds is 3. The highest BCUT2D eigenvalue weighted by Crippen LogP contribution is 2.73. The maximum absolute atomic E-state index is 9.27. The monoisotopic (exact) mass is 202 g/mol. The molecule has 0 amide bonds. The molecule has 0 heterocycles. The molecule has 0 radical (unpaired) electrons. The normalized spacial score (nSPS) is 36.9. The third kappa shape index (κ3) is 1.07. The van der Waals surface area contributed by atoms with E-state index in [4.69, 9.17) is 0 Å². The van der Waals surface area contributed by atoms with Gasteiger partial charge in [0.1, 0.15) is 0 Å². The molecular weight excluding hydrogens is 184 g/mol. The van der Waals surface area contributed by atoms with Crippen molar-refractivity contribution in [1.29, 1.82) is 0 Å². The van der Waals surface area contributed by atoms with E-state index in [1.165, 1.54) is 24.8 Å². The number of hydrogen-bond acceptors (Lipinski definition) is 1. The standard InChI is InChI=1S/C14H18O/c1-2-11-5-3-4-6-12(11)14-7-13(8-14,9-14)10-15/h3-6,15H,2,7-10H2,1H3. The molecule has 15 heavy (non-hydrogen) atoms. The zero-order valence-electron chi connectivity index (χ0n) is 9.29. The fourth-order valence-corrected chi connectivity index (χ4v) is 3.80. The van der Waals surface area contributed by atoms with Gasteiger partial charge in [0.25, 0.3) is 0 Å². The second-order valence-electron chi connectivity index (χ2n) is 5.48. The molecule has 0 atom stereocenters. The van der Waals surface area contributed by atoms with E-state index < -0.39 is 0 Å². The number of aliphatic hydroxyl groups excluding tert-OH is 1. The Hall–Kier alpha value is -0.820. The first-order chi connectivity index (χ1) is 7.24. The van der Waals surface area contributed by atoms with Gasteiger partial charge in [-0.3, -0.25) is 0 Å². The molecule has 0 saturated heterocycles. The Morgan fingerprint density at radius 1 is 1.20 bits per heavy atom. The van der Waals surface area contributed by atoms with Crippen LogP contribution in [-0.2, 0) is 11.8 Å². The Bertz CT molecular complexity index is 374. The van der Waals surface area contributed by atoms with Crippen molar-refractivity contribution >= 4 is 0 Å². The van der Waals surface area contributed by atoms with Gasteiger partial charge < -0.3 is 5.11 Å². The first-order valence-electron chi connectivity index (χ1n) is 5.93. The van der Waals surface area contributed by atoms with Crippen LogP contribution in [0.3, 0.4) is 0 Å². The van der Waals surface area contributed by atoms with Crippen LogP contribution in [0.15, 0.2) is 24.3 Å². The Kier molecular flexibility index (Phi) is 1.79. The van der Waals surface area contributed by atoms with E-state index in [2.05, 4.69) is 31.2 Å². The lowest BCUT2D eigenvalue weighted by molar-refractivity contribution is -0.168. The predicted molar refractivity (Wildman–Crippen MR) is 60.9 cm³/mol. The van der Waals surface area contributed by atoms with Crippen molar-refractivity contribution in [2.45, 2.75) is 38.0 Å². The summed E-state index contributed by atoms with van der Waals surface area (Å²) in [4.78, 5) is 0. The number of aliphatic hydroxyl groups is 1. The van der Waals surface area contributed by atoms with Crippen LogP contribution >= 0.6 is 0 Å². The summed E-state index contributed by atoms with van der Waals surface area (Å²) in [5.74, 6) is 0. The smallest absolute Gasteiger partial charge is 0.0488 e. The van der Waals surface area contributed by atoms with Crippen LogP contribution in [0.5, 0.6) is 0 Å². The summed E-state index contributed by atoms with van der Waals surface area (Å²) >= 11 is 0. The first-order valence-corrected chi connectivity index (χ1v) is 5.93. The van der Waals surface area contributed by atoms with Gasteiger partial charge in [-0.25, -0.2) is 0 Å². The van der Waals surface area contributed by atoms with Crippen molar-refractivity contribution in [2.24, 2.45) is 5.41 Å². The van der Waals surface area contributed by atoms with Crippen molar-refractivity contribution in [3.63, 3.8) is 0 Å². The molecule has 3 aliphatic rings. The first kappa shape index (κ1) is 9.41. The molecule has 3 fully saturated rings. The van der Waals surface area contributed by atoms with Gasteiger partial charge in [0.15, 0.2) is 0 Å². The third-order valence-corrected chi connectivity index (χ3v) is 4.45. The van der Waals surface area contributed by atoms with Crippen molar-refractivity contribution in [3.05, 3.63) is 35.4 Å². The zero-order valence-corrected chi connectivity index (χ0v) is 9.29. The summed E-state index contributed by atoms with van der Waals surface area (Å²) in [7, 11) is 0. The predicted octanol–water partition coefficient (Wildman–Crippen LogP) is 2.66. The molecule has 0 aliphatic heterocycles. The summed E-state index contributed by atoms with van der Waals surface area (Å²) in [6.07, 6.45) is 4.78. The third-order valence-electron chi connectivity index (χ3n) is 4.45. The second kappa shape index (κ2) is 2.85. The molecule has 2 bridgehead atoms. The fraction of sp³-hybridized carbons (Fsp3) is 0.571. The summed E-state index contributed by atoms with van der Waals surface area (Å²) in [6.45, 7) is 2.62. The van der Waals surface area contributed by atoms with Gasteiger partial charge in [0.2, 0.25) is 0 Å². The highest BCUT2D eigenvalue weighted by Gasteiger charge is 2.68. The number of benzene rings is 1. The van der Waals surface area contributed by atoms with E-state index in [-0.39, 0.29) is 0 Å². The summed E-state index contributed by atoms with van der Waals surface area (Å²) in [5.41, 5.74) is 3.84. The molecular formula is C14H18O. The average Bonchev–Trinajstić information content (AvgIpc) is 2.15. The van der Waals surface area contributed by atoms with Gasteiger partial charge >= 0.3 is 0 Å². The molecule has 0 aromatic heterocycles. The summed E-state index contributed by atoms with van der Waals surface area (Å²) in [6, 6.07) is 8.83. The van der Waals surface area contributed by atoms with E-state index in [0.717, 1.165) is 6.42 Å². The van der Waals surface area contributed by atoms with Crippen molar-refractivity contribution < 1.29 is 5.11 Å². The molecule has 0 unspecified atom stereocenters. The second-order valence-corrected chi connectivity index (χ2v) is 5.48. The molecule has 1 aromatic rings. The molecule has 3 aliphatic carbocycles. The molecule has 0 spiro atoms. The van der Waals surface area contributed by atoms with Crippen LogP contribution in [0.25, 0.3) is 0 Å². The zero-order chi connectivity index (χ0) is 10.5. The van der Waals surface area contributed by atoms with Crippen LogP contribution < -0.4 is 0 Å².